The first kappa shape index (κ1) is 23.3. The summed E-state index contributed by atoms with van der Waals surface area (Å²) in [4.78, 5) is 12.7. The Hall–Kier alpha value is -3.84. The second-order valence-corrected chi connectivity index (χ2v) is 8.88. The smallest absolute Gasteiger partial charge is 0.330 e. The van der Waals surface area contributed by atoms with Crippen molar-refractivity contribution in [3.05, 3.63) is 89.5 Å². The zero-order valence-corrected chi connectivity index (χ0v) is 20.1. The van der Waals surface area contributed by atoms with Crippen LogP contribution in [0.3, 0.4) is 0 Å². The van der Waals surface area contributed by atoms with Gasteiger partial charge in [-0.2, -0.15) is 0 Å². The molecule has 3 aromatic carbocycles. The van der Waals surface area contributed by atoms with E-state index in [4.69, 9.17) is 18.9 Å². The van der Waals surface area contributed by atoms with Gasteiger partial charge in [-0.15, -0.1) is 0 Å². The molecular weight excluding hydrogens is 452 g/mol. The van der Waals surface area contributed by atoms with Crippen LogP contribution >= 0.6 is 0 Å². The highest BCUT2D eigenvalue weighted by Gasteiger charge is 2.32. The molecule has 174 valence electrons. The molecule has 0 fully saturated rings. The van der Waals surface area contributed by atoms with Gasteiger partial charge in [0.2, 0.25) is 0 Å². The first-order valence-electron chi connectivity index (χ1n) is 10.5. The van der Waals surface area contributed by atoms with E-state index in [2.05, 4.69) is 0 Å². The highest BCUT2D eigenvalue weighted by Crippen LogP contribution is 2.44. The minimum atomic E-state index is -1.46. The largest absolute Gasteiger partial charge is 0.497 e. The average Bonchev–Trinajstić information content (AvgIpc) is 3.14. The van der Waals surface area contributed by atoms with Gasteiger partial charge in [0.15, 0.2) is 5.76 Å². The molecule has 0 spiro atoms. The lowest BCUT2D eigenvalue weighted by molar-refractivity contribution is -0.134. The fourth-order valence-electron chi connectivity index (χ4n) is 3.59. The quantitative estimate of drug-likeness (QED) is 0.340. The number of benzene rings is 3. The van der Waals surface area contributed by atoms with E-state index in [0.717, 1.165) is 22.3 Å². The van der Waals surface area contributed by atoms with Crippen LogP contribution in [0.2, 0.25) is 0 Å². The number of methoxy groups -OCH3 is 3. The molecular formula is C27H24O6S. The summed E-state index contributed by atoms with van der Waals surface area (Å²) in [5.74, 6) is 2.03. The van der Waals surface area contributed by atoms with E-state index in [9.17, 15) is 9.00 Å². The standard InChI is InChI=1S/C27H24O6S/c1-17(15-25(28)32-4)18-5-11-21(12-6-18)33-26-23-14-13-22(31-3)16-24(23)34(29)27(26)19-7-9-20(30-2)10-8-19/h5-16H,1-4H3/b17-15+. The number of hydrogen-bond acceptors (Lipinski definition) is 6. The maximum Gasteiger partial charge on any atom is 0.330 e. The predicted octanol–water partition coefficient (Wildman–Crippen LogP) is 5.31. The molecule has 1 unspecified atom stereocenters. The predicted molar refractivity (Wildman–Crippen MR) is 132 cm³/mol. The maximum absolute atomic E-state index is 13.5. The van der Waals surface area contributed by atoms with Gasteiger partial charge < -0.3 is 18.9 Å². The third-order valence-electron chi connectivity index (χ3n) is 5.44. The van der Waals surface area contributed by atoms with Gasteiger partial charge in [-0.05, 0) is 78.2 Å². The van der Waals surface area contributed by atoms with Gasteiger partial charge in [0.1, 0.15) is 17.2 Å². The van der Waals surface area contributed by atoms with E-state index in [1.54, 1.807) is 20.3 Å². The molecule has 0 saturated carbocycles. The molecule has 4 rings (SSSR count). The van der Waals surface area contributed by atoms with Crippen molar-refractivity contribution in [2.24, 2.45) is 0 Å². The number of carbonyl (C=O) groups excluding carboxylic acids is 1. The third kappa shape index (κ3) is 4.61. The Morgan fingerprint density at radius 1 is 0.824 bits per heavy atom. The number of ether oxygens (including phenoxy) is 4. The van der Waals surface area contributed by atoms with Gasteiger partial charge >= 0.3 is 5.97 Å². The summed E-state index contributed by atoms with van der Waals surface area (Å²) < 4.78 is 35.1. The number of fused-ring (bicyclic) bond motifs is 1. The van der Waals surface area contributed by atoms with Crippen molar-refractivity contribution in [2.45, 2.75) is 11.8 Å². The second-order valence-electron chi connectivity index (χ2n) is 7.49. The van der Waals surface area contributed by atoms with Crippen LogP contribution in [-0.4, -0.2) is 31.5 Å². The van der Waals surface area contributed by atoms with Crippen molar-refractivity contribution in [3.8, 4) is 17.2 Å². The number of rotatable bonds is 7. The number of esters is 1. The van der Waals surface area contributed by atoms with Gasteiger partial charge in [0.05, 0.1) is 41.9 Å². The average molecular weight is 477 g/mol. The maximum atomic E-state index is 13.5. The van der Waals surface area contributed by atoms with Crippen LogP contribution in [0.15, 0.2) is 77.7 Å². The molecule has 6 nitrogen and oxygen atoms in total. The van der Waals surface area contributed by atoms with Crippen LogP contribution in [0.1, 0.15) is 23.6 Å². The number of carbonyl (C=O) groups is 1. The summed E-state index contributed by atoms with van der Waals surface area (Å²) in [5.41, 5.74) is 3.16. The van der Waals surface area contributed by atoms with Crippen molar-refractivity contribution in [1.82, 2.24) is 0 Å². The van der Waals surface area contributed by atoms with E-state index in [0.29, 0.717) is 32.8 Å². The minimum absolute atomic E-state index is 0.410. The third-order valence-corrected chi connectivity index (χ3v) is 6.97. The summed E-state index contributed by atoms with van der Waals surface area (Å²) in [6, 6.07) is 20.2. The molecule has 7 heteroatoms. The molecule has 0 amide bonds. The summed E-state index contributed by atoms with van der Waals surface area (Å²) in [5, 5.41) is 0. The van der Waals surface area contributed by atoms with Crippen molar-refractivity contribution in [1.29, 1.82) is 0 Å². The SMILES string of the molecule is COC(=O)/C=C(\C)c1ccc(OC2=C(c3ccc(OC)cc3)S(=O)c3cc(OC)ccc32)cc1. The summed E-state index contributed by atoms with van der Waals surface area (Å²) in [7, 11) is 3.06. The highest BCUT2D eigenvalue weighted by molar-refractivity contribution is 7.95. The zero-order chi connectivity index (χ0) is 24.2. The zero-order valence-electron chi connectivity index (χ0n) is 19.3. The van der Waals surface area contributed by atoms with Crippen molar-refractivity contribution in [2.75, 3.05) is 21.3 Å². The molecule has 0 radical (unpaired) electrons. The van der Waals surface area contributed by atoms with Crippen LogP contribution in [0.5, 0.6) is 17.2 Å². The Bertz CT molecular complexity index is 1300. The van der Waals surface area contributed by atoms with Gasteiger partial charge in [-0.3, -0.25) is 0 Å². The Labute approximate surface area is 200 Å². The highest BCUT2D eigenvalue weighted by atomic mass is 32.2. The van der Waals surface area contributed by atoms with Gasteiger partial charge in [0.25, 0.3) is 0 Å². The Morgan fingerprint density at radius 3 is 2.06 bits per heavy atom. The van der Waals surface area contributed by atoms with Crippen molar-refractivity contribution >= 4 is 33.0 Å². The normalized spacial score (nSPS) is 15.1. The van der Waals surface area contributed by atoms with E-state index < -0.39 is 16.8 Å². The fraction of sp³-hybridized carbons (Fsp3) is 0.148. The van der Waals surface area contributed by atoms with Gasteiger partial charge in [-0.25, -0.2) is 9.00 Å². The molecule has 34 heavy (non-hydrogen) atoms. The molecule has 0 saturated heterocycles. The Balaban J connectivity index is 1.74. The van der Waals surface area contributed by atoms with E-state index in [1.807, 2.05) is 67.6 Å². The second kappa shape index (κ2) is 9.97. The Kier molecular flexibility index (Phi) is 6.84. The fourth-order valence-corrected chi connectivity index (χ4v) is 5.07. The van der Waals surface area contributed by atoms with Crippen molar-refractivity contribution in [3.63, 3.8) is 0 Å². The van der Waals surface area contributed by atoms with Crippen LogP contribution in [0.25, 0.3) is 16.2 Å². The lowest BCUT2D eigenvalue weighted by Gasteiger charge is -2.12. The molecule has 0 aliphatic carbocycles. The monoisotopic (exact) mass is 476 g/mol. The molecule has 0 bridgehead atoms. The minimum Gasteiger partial charge on any atom is -0.497 e. The molecule has 3 aromatic rings. The van der Waals surface area contributed by atoms with Crippen LogP contribution in [-0.2, 0) is 20.3 Å². The number of hydrogen-bond donors (Lipinski definition) is 0. The molecule has 0 aromatic heterocycles. The topological polar surface area (TPSA) is 71.1 Å². The van der Waals surface area contributed by atoms with E-state index in [-0.39, 0.29) is 0 Å². The number of allylic oxidation sites excluding steroid dienone is 1. The molecule has 1 aliphatic rings. The summed E-state index contributed by atoms with van der Waals surface area (Å²) in [6.45, 7) is 1.83. The molecule has 1 atom stereocenters. The molecule has 1 aliphatic heterocycles. The van der Waals surface area contributed by atoms with Crippen LogP contribution in [0.4, 0.5) is 0 Å². The van der Waals surface area contributed by atoms with E-state index in [1.165, 1.54) is 13.2 Å². The first-order valence-corrected chi connectivity index (χ1v) is 11.6. The summed E-state index contributed by atoms with van der Waals surface area (Å²) >= 11 is 0. The summed E-state index contributed by atoms with van der Waals surface area (Å²) in [6.07, 6.45) is 1.43. The van der Waals surface area contributed by atoms with E-state index >= 15 is 0 Å². The lowest BCUT2D eigenvalue weighted by atomic mass is 10.1. The first-order chi connectivity index (χ1) is 16.4. The molecule has 0 N–H and O–H groups in total. The van der Waals surface area contributed by atoms with Crippen LogP contribution in [0, 0.1) is 0 Å². The van der Waals surface area contributed by atoms with Crippen LogP contribution < -0.4 is 14.2 Å². The molecule has 1 heterocycles. The van der Waals surface area contributed by atoms with Gasteiger partial charge in [-0.1, -0.05) is 12.1 Å². The van der Waals surface area contributed by atoms with Crippen molar-refractivity contribution < 1.29 is 28.0 Å². The van der Waals surface area contributed by atoms with Gasteiger partial charge in [0, 0.05) is 11.6 Å². The lowest BCUT2D eigenvalue weighted by Crippen LogP contribution is -1.98. The Morgan fingerprint density at radius 2 is 1.44 bits per heavy atom.